The van der Waals surface area contributed by atoms with E-state index in [1.54, 1.807) is 0 Å². The number of hydrogen-bond acceptors (Lipinski definition) is 3. The molecular weight excluding hydrogens is 180 g/mol. The Hall–Kier alpha value is 0.170. The first-order chi connectivity index (χ1) is 5.62. The van der Waals surface area contributed by atoms with E-state index in [-0.39, 0.29) is 18.6 Å². The van der Waals surface area contributed by atoms with Gasteiger partial charge in [0, 0.05) is 0 Å². The Morgan fingerprint density at radius 2 is 1.50 bits per heavy atom. The van der Waals surface area contributed by atoms with Gasteiger partial charge in [0.15, 0.2) is 0 Å². The molecule has 0 fully saturated rings. The molecule has 0 heterocycles. The zero-order valence-electron chi connectivity index (χ0n) is 7.70. The summed E-state index contributed by atoms with van der Waals surface area (Å²) in [7, 11) is 0. The highest BCUT2D eigenvalue weighted by Gasteiger charge is 1.94. The molecule has 0 spiro atoms. The molecule has 1 unspecified atom stereocenters. The lowest BCUT2D eigenvalue weighted by Gasteiger charge is -1.98. The van der Waals surface area contributed by atoms with Gasteiger partial charge in [-0.3, -0.25) is 0 Å². The fourth-order valence-corrected chi connectivity index (χ4v) is 0.435. The summed E-state index contributed by atoms with van der Waals surface area (Å²) in [5.41, 5.74) is 0. The van der Waals surface area contributed by atoms with Crippen LogP contribution in [0.3, 0.4) is 0 Å². The maximum Gasteiger partial charge on any atom is 0.0905 e. The molecule has 1 atom stereocenters. The van der Waals surface area contributed by atoms with Crippen molar-refractivity contribution in [2.45, 2.75) is 38.9 Å². The third-order valence-corrected chi connectivity index (χ3v) is 1.69. The van der Waals surface area contributed by atoms with Gasteiger partial charge in [0.2, 0.25) is 0 Å². The molecule has 0 aromatic carbocycles. The van der Waals surface area contributed by atoms with Crippen LogP contribution in [0, 0.1) is 0 Å². The largest absolute Gasteiger partial charge is 0.394 e. The minimum atomic E-state index is -0.744. The molecular formula is C8H19ClO3. The van der Waals surface area contributed by atoms with Crippen molar-refractivity contribution in [1.82, 2.24) is 0 Å². The third-order valence-electron chi connectivity index (χ3n) is 1.33. The molecule has 0 aliphatic rings. The Balaban J connectivity index is 0. The van der Waals surface area contributed by atoms with Crippen LogP contribution >= 0.6 is 11.6 Å². The second-order valence-corrected chi connectivity index (χ2v) is 2.77. The fraction of sp³-hybridized carbons (Fsp3) is 1.00. The Labute approximate surface area is 79.0 Å². The van der Waals surface area contributed by atoms with E-state index < -0.39 is 6.10 Å². The van der Waals surface area contributed by atoms with Crippen LogP contribution in [0.25, 0.3) is 0 Å². The number of hydrogen-bond donors (Lipinski definition) is 3. The second-order valence-electron chi connectivity index (χ2n) is 2.46. The van der Waals surface area contributed by atoms with E-state index in [1.165, 1.54) is 0 Å². The van der Waals surface area contributed by atoms with Gasteiger partial charge in [0.05, 0.1) is 24.7 Å². The molecule has 0 radical (unpaired) electrons. The van der Waals surface area contributed by atoms with E-state index in [0.29, 0.717) is 0 Å². The first kappa shape index (κ1) is 14.7. The number of rotatable bonds is 4. The van der Waals surface area contributed by atoms with Gasteiger partial charge in [-0.2, -0.15) is 0 Å². The number of aliphatic hydroxyl groups excluding tert-OH is 3. The van der Waals surface area contributed by atoms with Crippen molar-refractivity contribution in [1.29, 1.82) is 0 Å². The van der Waals surface area contributed by atoms with Gasteiger partial charge in [0.25, 0.3) is 0 Å². The van der Waals surface area contributed by atoms with Gasteiger partial charge in [-0.25, -0.2) is 0 Å². The average Bonchev–Trinajstić information content (AvgIpc) is 2.16. The maximum atomic E-state index is 8.67. The van der Waals surface area contributed by atoms with Gasteiger partial charge < -0.3 is 15.3 Å². The lowest BCUT2D eigenvalue weighted by atomic mass is 10.2. The van der Waals surface area contributed by atoms with Crippen LogP contribution in [-0.2, 0) is 0 Å². The SMILES string of the molecule is CCC(O)CC.OCC(O)CCl. The maximum absolute atomic E-state index is 8.67. The lowest BCUT2D eigenvalue weighted by Crippen LogP contribution is -2.12. The summed E-state index contributed by atoms with van der Waals surface area (Å²) < 4.78 is 0. The van der Waals surface area contributed by atoms with Crippen LogP contribution in [0.5, 0.6) is 0 Å². The lowest BCUT2D eigenvalue weighted by molar-refractivity contribution is 0.112. The van der Waals surface area contributed by atoms with E-state index in [4.69, 9.17) is 26.9 Å². The number of halogens is 1. The van der Waals surface area contributed by atoms with E-state index in [0.717, 1.165) is 12.8 Å². The molecule has 76 valence electrons. The van der Waals surface area contributed by atoms with E-state index in [9.17, 15) is 0 Å². The number of alkyl halides is 1. The molecule has 3 N–H and O–H groups in total. The van der Waals surface area contributed by atoms with Gasteiger partial charge in [0.1, 0.15) is 0 Å². The highest BCUT2D eigenvalue weighted by Crippen LogP contribution is 1.92. The van der Waals surface area contributed by atoms with Gasteiger partial charge in [-0.05, 0) is 12.8 Å². The highest BCUT2D eigenvalue weighted by atomic mass is 35.5. The summed E-state index contributed by atoms with van der Waals surface area (Å²) in [5.74, 6) is 0.108. The molecule has 0 rings (SSSR count). The highest BCUT2D eigenvalue weighted by molar-refractivity contribution is 6.18. The van der Waals surface area contributed by atoms with Gasteiger partial charge >= 0.3 is 0 Å². The van der Waals surface area contributed by atoms with Crippen LogP contribution in [0.2, 0.25) is 0 Å². The Morgan fingerprint density at radius 3 is 1.50 bits per heavy atom. The number of aliphatic hydroxyl groups is 3. The summed E-state index contributed by atoms with van der Waals surface area (Å²) in [6.45, 7) is 3.71. The average molecular weight is 199 g/mol. The minimum Gasteiger partial charge on any atom is -0.394 e. The molecule has 0 aromatic heterocycles. The molecule has 0 aromatic rings. The molecule has 3 nitrogen and oxygen atoms in total. The van der Waals surface area contributed by atoms with Crippen molar-refractivity contribution in [3.05, 3.63) is 0 Å². The second kappa shape index (κ2) is 11.2. The standard InChI is InChI=1S/C5H12O.C3H7ClO2/c1-3-5(6)4-2;4-1-3(6)2-5/h5-6H,3-4H2,1-2H3;3,5-6H,1-2H2. The summed E-state index contributed by atoms with van der Waals surface area (Å²) in [6, 6.07) is 0. The van der Waals surface area contributed by atoms with Gasteiger partial charge in [-0.15, -0.1) is 11.6 Å². The summed E-state index contributed by atoms with van der Waals surface area (Å²) in [4.78, 5) is 0. The van der Waals surface area contributed by atoms with E-state index in [2.05, 4.69) is 0 Å². The quantitative estimate of drug-likeness (QED) is 0.585. The molecule has 12 heavy (non-hydrogen) atoms. The van der Waals surface area contributed by atoms with Crippen LogP contribution in [0.15, 0.2) is 0 Å². The monoisotopic (exact) mass is 198 g/mol. The van der Waals surface area contributed by atoms with Crippen LogP contribution in [-0.4, -0.2) is 40.0 Å². The predicted molar refractivity (Wildman–Crippen MR) is 50.4 cm³/mol. The smallest absolute Gasteiger partial charge is 0.0905 e. The predicted octanol–water partition coefficient (Wildman–Crippen LogP) is 0.746. The Bertz CT molecular complexity index is 62.7. The zero-order chi connectivity index (χ0) is 9.98. The molecule has 0 saturated heterocycles. The topological polar surface area (TPSA) is 60.7 Å². The molecule has 0 amide bonds. The van der Waals surface area contributed by atoms with Crippen molar-refractivity contribution in [3.63, 3.8) is 0 Å². The Kier molecular flexibility index (Phi) is 13.7. The van der Waals surface area contributed by atoms with E-state index in [1.807, 2.05) is 13.8 Å². The fourth-order valence-electron chi connectivity index (χ4n) is 0.337. The van der Waals surface area contributed by atoms with Crippen molar-refractivity contribution < 1.29 is 15.3 Å². The van der Waals surface area contributed by atoms with Crippen molar-refractivity contribution >= 4 is 11.6 Å². The third kappa shape index (κ3) is 12.8. The zero-order valence-corrected chi connectivity index (χ0v) is 8.46. The molecule has 0 aliphatic carbocycles. The molecule has 0 saturated carbocycles. The first-order valence-electron chi connectivity index (χ1n) is 4.15. The van der Waals surface area contributed by atoms with Crippen LogP contribution < -0.4 is 0 Å². The summed E-state index contributed by atoms with van der Waals surface area (Å²) in [6.07, 6.45) is 0.962. The van der Waals surface area contributed by atoms with Crippen molar-refractivity contribution in [3.8, 4) is 0 Å². The van der Waals surface area contributed by atoms with Crippen molar-refractivity contribution in [2.24, 2.45) is 0 Å². The molecule has 4 heteroatoms. The first-order valence-corrected chi connectivity index (χ1v) is 4.68. The normalized spacial score (nSPS) is 12.2. The molecule has 0 bridgehead atoms. The van der Waals surface area contributed by atoms with Crippen LogP contribution in [0.1, 0.15) is 26.7 Å². The van der Waals surface area contributed by atoms with Gasteiger partial charge in [-0.1, -0.05) is 13.8 Å². The van der Waals surface area contributed by atoms with Crippen LogP contribution in [0.4, 0.5) is 0 Å². The van der Waals surface area contributed by atoms with E-state index >= 15 is 0 Å². The Morgan fingerprint density at radius 1 is 1.08 bits per heavy atom. The summed E-state index contributed by atoms with van der Waals surface area (Å²) >= 11 is 5.04. The molecule has 0 aliphatic heterocycles. The minimum absolute atomic E-state index is 0.0648. The summed E-state index contributed by atoms with van der Waals surface area (Å²) in [5, 5.41) is 25.0. The van der Waals surface area contributed by atoms with Crippen molar-refractivity contribution in [2.75, 3.05) is 12.5 Å².